The lowest BCUT2D eigenvalue weighted by Gasteiger charge is -2.27. The van der Waals surface area contributed by atoms with Crippen molar-refractivity contribution in [1.29, 1.82) is 0 Å². The Bertz CT molecular complexity index is 941. The molecule has 3 heterocycles. The van der Waals surface area contributed by atoms with Gasteiger partial charge < -0.3 is 10.1 Å². The number of aromatic nitrogens is 2. The van der Waals surface area contributed by atoms with E-state index in [0.29, 0.717) is 6.04 Å². The molecule has 0 spiro atoms. The van der Waals surface area contributed by atoms with Gasteiger partial charge in [-0.1, -0.05) is 25.7 Å². The Morgan fingerprint density at radius 2 is 1.81 bits per heavy atom. The van der Waals surface area contributed by atoms with Gasteiger partial charge in [0.1, 0.15) is 4.83 Å². The minimum atomic E-state index is 0.215. The molecule has 2 aromatic heterocycles. The molecule has 1 aliphatic heterocycles. The first-order chi connectivity index (χ1) is 15.3. The summed E-state index contributed by atoms with van der Waals surface area (Å²) in [5.41, 5.74) is 1.53. The highest BCUT2D eigenvalue weighted by molar-refractivity contribution is 7.18. The molecule has 2 aromatic rings. The van der Waals surface area contributed by atoms with Crippen molar-refractivity contribution in [1.82, 2.24) is 14.5 Å². The van der Waals surface area contributed by atoms with E-state index in [9.17, 15) is 4.79 Å². The van der Waals surface area contributed by atoms with Crippen LogP contribution in [0.3, 0.4) is 0 Å². The zero-order valence-electron chi connectivity index (χ0n) is 18.7. The van der Waals surface area contributed by atoms with Crippen LogP contribution in [0.2, 0.25) is 0 Å². The maximum Gasteiger partial charge on any atom is 0.264 e. The number of hydrogen-bond donors (Lipinski definition) is 1. The summed E-state index contributed by atoms with van der Waals surface area (Å²) in [6.45, 7) is 5.66. The number of morpholine rings is 1. The van der Waals surface area contributed by atoms with Crippen molar-refractivity contribution in [3.63, 3.8) is 0 Å². The molecule has 2 fully saturated rings. The highest BCUT2D eigenvalue weighted by Gasteiger charge is 2.25. The van der Waals surface area contributed by atoms with Crippen LogP contribution in [0.5, 0.6) is 0 Å². The van der Waals surface area contributed by atoms with E-state index in [1.54, 1.807) is 11.3 Å². The van der Waals surface area contributed by atoms with Crippen LogP contribution in [0.1, 0.15) is 74.3 Å². The summed E-state index contributed by atoms with van der Waals surface area (Å²) in [7, 11) is 0. The lowest BCUT2D eigenvalue weighted by molar-refractivity contribution is 0.0378. The zero-order chi connectivity index (χ0) is 21.0. The fourth-order valence-electron chi connectivity index (χ4n) is 5.52. The predicted octanol–water partition coefficient (Wildman–Crippen LogP) is 4.37. The van der Waals surface area contributed by atoms with Gasteiger partial charge in [-0.25, -0.2) is 4.98 Å². The Morgan fingerprint density at radius 1 is 1.03 bits per heavy atom. The van der Waals surface area contributed by atoms with Crippen molar-refractivity contribution in [3.05, 3.63) is 20.8 Å². The molecule has 1 saturated carbocycles. The first-order valence-corrected chi connectivity index (χ1v) is 13.2. The average molecular weight is 445 g/mol. The standard InChI is InChI=1S/C24H36N4O2S/c29-23-21-19-10-5-2-6-11-20(19)31-22(21)26-24(28(23)18-8-3-1-4-9-18)25-12-7-13-27-14-16-30-17-15-27/h18H,1-17H2,(H,25,26). The van der Waals surface area contributed by atoms with Gasteiger partial charge in [0.25, 0.3) is 5.56 Å². The topological polar surface area (TPSA) is 59.4 Å². The van der Waals surface area contributed by atoms with Crippen LogP contribution >= 0.6 is 11.3 Å². The molecule has 1 N–H and O–H groups in total. The molecule has 0 bridgehead atoms. The number of fused-ring (bicyclic) bond motifs is 3. The van der Waals surface area contributed by atoms with Gasteiger partial charge in [-0.05, 0) is 57.1 Å². The maximum absolute atomic E-state index is 13.8. The normalized spacial score (nSPS) is 21.2. The number of ether oxygens (including phenoxy) is 1. The quantitative estimate of drug-likeness (QED) is 0.530. The van der Waals surface area contributed by atoms with Crippen molar-refractivity contribution in [2.24, 2.45) is 0 Å². The molecule has 0 amide bonds. The van der Waals surface area contributed by atoms with Gasteiger partial charge >= 0.3 is 0 Å². The first-order valence-electron chi connectivity index (χ1n) is 12.4. The monoisotopic (exact) mass is 444 g/mol. The van der Waals surface area contributed by atoms with E-state index in [0.717, 1.165) is 87.7 Å². The Morgan fingerprint density at radius 3 is 2.65 bits per heavy atom. The third kappa shape index (κ3) is 4.69. The summed E-state index contributed by atoms with van der Waals surface area (Å²) in [6, 6.07) is 0.293. The largest absolute Gasteiger partial charge is 0.379 e. The van der Waals surface area contributed by atoms with Gasteiger partial charge in [0.05, 0.1) is 18.6 Å². The van der Waals surface area contributed by atoms with Crippen molar-refractivity contribution in [2.75, 3.05) is 44.7 Å². The van der Waals surface area contributed by atoms with E-state index < -0.39 is 0 Å². The van der Waals surface area contributed by atoms with Crippen molar-refractivity contribution in [2.45, 2.75) is 76.7 Å². The van der Waals surface area contributed by atoms with Crippen LogP contribution in [-0.2, 0) is 17.6 Å². The van der Waals surface area contributed by atoms with Crippen LogP contribution < -0.4 is 10.9 Å². The van der Waals surface area contributed by atoms with Crippen LogP contribution in [0.4, 0.5) is 5.95 Å². The summed E-state index contributed by atoms with van der Waals surface area (Å²) in [4.78, 5) is 23.7. The summed E-state index contributed by atoms with van der Waals surface area (Å²) in [5, 5.41) is 4.51. The van der Waals surface area contributed by atoms with E-state index >= 15 is 0 Å². The summed E-state index contributed by atoms with van der Waals surface area (Å²) < 4.78 is 7.50. The molecule has 0 aromatic carbocycles. The number of rotatable bonds is 6. The SMILES string of the molecule is O=c1c2c3c(sc2nc(NCCCN2CCOCC2)n1C1CCCCC1)CCCCC3. The molecule has 0 unspecified atom stereocenters. The number of hydrogen-bond acceptors (Lipinski definition) is 6. The number of nitrogens with one attached hydrogen (secondary N) is 1. The summed E-state index contributed by atoms with van der Waals surface area (Å²) in [6.07, 6.45) is 12.8. The first kappa shape index (κ1) is 21.4. The highest BCUT2D eigenvalue weighted by atomic mass is 32.1. The Kier molecular flexibility index (Phi) is 6.91. The van der Waals surface area contributed by atoms with Crippen molar-refractivity contribution < 1.29 is 4.74 Å². The molecular weight excluding hydrogens is 408 g/mol. The second-order valence-corrected chi connectivity index (χ2v) is 10.5. The fraction of sp³-hybridized carbons (Fsp3) is 0.750. The molecule has 1 saturated heterocycles. The van der Waals surface area contributed by atoms with E-state index in [-0.39, 0.29) is 5.56 Å². The van der Waals surface area contributed by atoms with Crippen LogP contribution in [0.25, 0.3) is 10.2 Å². The number of thiophene rings is 1. The van der Waals surface area contributed by atoms with Crippen LogP contribution in [0, 0.1) is 0 Å². The van der Waals surface area contributed by atoms with E-state index in [2.05, 4.69) is 10.2 Å². The van der Waals surface area contributed by atoms with Crippen LogP contribution in [0.15, 0.2) is 4.79 Å². The molecule has 0 radical (unpaired) electrons. The van der Waals surface area contributed by atoms with E-state index in [1.165, 1.54) is 49.0 Å². The van der Waals surface area contributed by atoms with E-state index in [1.807, 2.05) is 4.57 Å². The molecule has 2 aliphatic carbocycles. The molecular formula is C24H36N4O2S. The van der Waals surface area contributed by atoms with Gasteiger partial charge in [0.15, 0.2) is 0 Å². The van der Waals surface area contributed by atoms with Crippen molar-refractivity contribution in [3.8, 4) is 0 Å². The number of anilines is 1. The highest BCUT2D eigenvalue weighted by Crippen LogP contribution is 2.35. The molecule has 31 heavy (non-hydrogen) atoms. The number of aryl methyl sites for hydroxylation is 2. The maximum atomic E-state index is 13.8. The van der Waals surface area contributed by atoms with E-state index in [4.69, 9.17) is 9.72 Å². The summed E-state index contributed by atoms with van der Waals surface area (Å²) in [5.74, 6) is 0.808. The second kappa shape index (κ2) is 10.0. The Hall–Kier alpha value is -1.44. The number of nitrogens with zero attached hydrogens (tertiary/aromatic N) is 3. The van der Waals surface area contributed by atoms with Gasteiger partial charge in [-0.2, -0.15) is 0 Å². The molecule has 170 valence electrons. The third-order valence-electron chi connectivity index (χ3n) is 7.25. The second-order valence-electron chi connectivity index (χ2n) is 9.38. The lowest BCUT2D eigenvalue weighted by atomic mass is 9.95. The predicted molar refractivity (Wildman–Crippen MR) is 128 cm³/mol. The van der Waals surface area contributed by atoms with Gasteiger partial charge in [0, 0.05) is 30.6 Å². The Balaban J connectivity index is 1.41. The smallest absolute Gasteiger partial charge is 0.264 e. The molecule has 3 aliphatic rings. The van der Waals surface area contributed by atoms with Gasteiger partial charge in [-0.3, -0.25) is 14.3 Å². The van der Waals surface area contributed by atoms with Crippen LogP contribution in [-0.4, -0.2) is 53.8 Å². The third-order valence-corrected chi connectivity index (χ3v) is 8.43. The fourth-order valence-corrected chi connectivity index (χ4v) is 6.78. The zero-order valence-corrected chi connectivity index (χ0v) is 19.5. The Labute approximate surface area is 189 Å². The van der Waals surface area contributed by atoms with Crippen molar-refractivity contribution >= 4 is 27.5 Å². The minimum Gasteiger partial charge on any atom is -0.379 e. The van der Waals surface area contributed by atoms with Gasteiger partial charge in [0.2, 0.25) is 5.95 Å². The molecule has 0 atom stereocenters. The molecule has 7 heteroatoms. The lowest BCUT2D eigenvalue weighted by Crippen LogP contribution is -2.37. The average Bonchev–Trinajstić information content (AvgIpc) is 2.99. The summed E-state index contributed by atoms with van der Waals surface area (Å²) >= 11 is 1.77. The van der Waals surface area contributed by atoms with Gasteiger partial charge in [-0.15, -0.1) is 11.3 Å². The molecule has 6 nitrogen and oxygen atoms in total. The molecule has 5 rings (SSSR count). The minimum absolute atomic E-state index is 0.215.